The van der Waals surface area contributed by atoms with Crippen LogP contribution in [0.2, 0.25) is 0 Å². The van der Waals surface area contributed by atoms with Crippen LogP contribution in [0.3, 0.4) is 0 Å². The highest BCUT2D eigenvalue weighted by Crippen LogP contribution is 2.15. The van der Waals surface area contributed by atoms with Gasteiger partial charge >= 0.3 is 0 Å². The monoisotopic (exact) mass is 402 g/mol. The van der Waals surface area contributed by atoms with Crippen LogP contribution in [-0.2, 0) is 29.0 Å². The van der Waals surface area contributed by atoms with Gasteiger partial charge in [-0.2, -0.15) is 0 Å². The van der Waals surface area contributed by atoms with Gasteiger partial charge in [-0.1, -0.05) is 72.8 Å². The molecule has 0 saturated carbocycles. The van der Waals surface area contributed by atoms with E-state index in [-0.39, 0.29) is 5.91 Å². The Bertz CT molecular complexity index is 941. The predicted octanol–water partition coefficient (Wildman–Crippen LogP) is 3.41. The summed E-state index contributed by atoms with van der Waals surface area (Å²) < 4.78 is 5.78. The molecule has 1 atom stereocenters. The van der Waals surface area contributed by atoms with E-state index in [1.165, 1.54) is 0 Å². The van der Waals surface area contributed by atoms with Crippen molar-refractivity contribution in [2.75, 3.05) is 0 Å². The molecule has 0 radical (unpaired) electrons. The van der Waals surface area contributed by atoms with Gasteiger partial charge in [0.25, 0.3) is 0 Å². The quantitative estimate of drug-likeness (QED) is 0.545. The van der Waals surface area contributed by atoms with E-state index in [0.717, 1.165) is 22.4 Å². The summed E-state index contributed by atoms with van der Waals surface area (Å²) >= 11 is 0. The van der Waals surface area contributed by atoms with Crippen molar-refractivity contribution < 1.29 is 14.3 Å². The zero-order valence-electron chi connectivity index (χ0n) is 16.8. The molecule has 3 aromatic carbocycles. The molecule has 0 aliphatic heterocycles. The van der Waals surface area contributed by atoms with Crippen LogP contribution in [0.5, 0.6) is 5.75 Å². The largest absolute Gasteiger partial charge is 0.489 e. The van der Waals surface area contributed by atoms with Gasteiger partial charge < -0.3 is 15.8 Å². The fraction of sp³-hybridized carbons (Fsp3) is 0.200. The third-order valence-electron chi connectivity index (χ3n) is 4.77. The minimum Gasteiger partial charge on any atom is -0.489 e. The molecule has 0 aromatic heterocycles. The first kappa shape index (κ1) is 21.1. The van der Waals surface area contributed by atoms with Gasteiger partial charge in [0.05, 0.1) is 0 Å². The van der Waals surface area contributed by atoms with Crippen LogP contribution in [-0.4, -0.2) is 17.9 Å². The Morgan fingerprint density at radius 1 is 0.800 bits per heavy atom. The van der Waals surface area contributed by atoms with Crippen molar-refractivity contribution in [3.05, 3.63) is 102 Å². The lowest BCUT2D eigenvalue weighted by Gasteiger charge is -2.16. The second kappa shape index (κ2) is 10.8. The number of amides is 2. The average molecular weight is 402 g/mol. The SMILES string of the molecule is NC(=O)[C@@H](Cc1ccc(OCc2ccccc2)cc1)NC(=O)CCc1ccccc1. The van der Waals surface area contributed by atoms with E-state index < -0.39 is 11.9 Å². The number of primary amides is 1. The van der Waals surface area contributed by atoms with Gasteiger partial charge in [0.2, 0.25) is 11.8 Å². The highest BCUT2D eigenvalue weighted by molar-refractivity contribution is 5.86. The maximum absolute atomic E-state index is 12.3. The fourth-order valence-electron chi connectivity index (χ4n) is 3.09. The van der Waals surface area contributed by atoms with Crippen molar-refractivity contribution in [1.29, 1.82) is 0 Å². The molecule has 0 heterocycles. The lowest BCUT2D eigenvalue weighted by Crippen LogP contribution is -2.45. The molecule has 3 N–H and O–H groups in total. The number of hydrogen-bond donors (Lipinski definition) is 2. The molecule has 0 bridgehead atoms. The Balaban J connectivity index is 1.50. The zero-order chi connectivity index (χ0) is 21.2. The summed E-state index contributed by atoms with van der Waals surface area (Å²) in [7, 11) is 0. The first-order valence-electron chi connectivity index (χ1n) is 9.98. The summed E-state index contributed by atoms with van der Waals surface area (Å²) in [5.41, 5.74) is 8.57. The molecule has 3 rings (SSSR count). The van der Waals surface area contributed by atoms with Gasteiger partial charge in [-0.15, -0.1) is 0 Å². The number of benzene rings is 3. The number of aryl methyl sites for hydroxylation is 1. The first-order chi connectivity index (χ1) is 14.6. The van der Waals surface area contributed by atoms with Gasteiger partial charge in [-0.3, -0.25) is 9.59 Å². The highest BCUT2D eigenvalue weighted by Gasteiger charge is 2.18. The second-order valence-electron chi connectivity index (χ2n) is 7.13. The topological polar surface area (TPSA) is 81.4 Å². The Morgan fingerprint density at radius 2 is 1.40 bits per heavy atom. The summed E-state index contributed by atoms with van der Waals surface area (Å²) in [6, 6.07) is 26.4. The van der Waals surface area contributed by atoms with E-state index in [0.29, 0.717) is 25.9 Å². The molecule has 5 nitrogen and oxygen atoms in total. The Kier molecular flexibility index (Phi) is 7.61. The van der Waals surface area contributed by atoms with E-state index >= 15 is 0 Å². The zero-order valence-corrected chi connectivity index (χ0v) is 16.8. The molecule has 0 aliphatic carbocycles. The first-order valence-corrected chi connectivity index (χ1v) is 9.98. The van der Waals surface area contributed by atoms with Crippen molar-refractivity contribution in [2.45, 2.75) is 31.9 Å². The minimum atomic E-state index is -0.746. The van der Waals surface area contributed by atoms with Crippen LogP contribution < -0.4 is 15.8 Å². The van der Waals surface area contributed by atoms with Gasteiger partial charge in [-0.05, 0) is 35.2 Å². The van der Waals surface area contributed by atoms with Crippen LogP contribution in [0.4, 0.5) is 0 Å². The standard InChI is InChI=1S/C25H26N2O3/c26-25(29)23(27-24(28)16-13-19-7-3-1-4-8-19)17-20-11-14-22(15-12-20)30-18-21-9-5-2-6-10-21/h1-12,14-15,23H,13,16-18H2,(H2,26,29)(H,27,28)/t23-/m1/s1. The van der Waals surface area contributed by atoms with Crippen molar-refractivity contribution in [1.82, 2.24) is 5.32 Å². The minimum absolute atomic E-state index is 0.189. The molecule has 5 heteroatoms. The van der Waals surface area contributed by atoms with Crippen LogP contribution in [0.1, 0.15) is 23.1 Å². The van der Waals surface area contributed by atoms with Gasteiger partial charge in [-0.25, -0.2) is 0 Å². The summed E-state index contributed by atoms with van der Waals surface area (Å²) in [4.78, 5) is 24.1. The molecule has 0 saturated heterocycles. The van der Waals surface area contributed by atoms with Crippen molar-refractivity contribution in [2.24, 2.45) is 5.73 Å². The normalized spacial score (nSPS) is 11.5. The summed E-state index contributed by atoms with van der Waals surface area (Å²) in [6.45, 7) is 0.488. The second-order valence-corrected chi connectivity index (χ2v) is 7.13. The molecule has 30 heavy (non-hydrogen) atoms. The van der Waals surface area contributed by atoms with Gasteiger partial charge in [0.15, 0.2) is 0 Å². The number of carbonyl (C=O) groups excluding carboxylic acids is 2. The Hall–Kier alpha value is -3.60. The maximum atomic E-state index is 12.3. The van der Waals surface area contributed by atoms with E-state index in [1.807, 2.05) is 84.9 Å². The number of carbonyl (C=O) groups is 2. The number of nitrogens with two attached hydrogens (primary N) is 1. The average Bonchev–Trinajstić information content (AvgIpc) is 2.78. The number of nitrogens with one attached hydrogen (secondary N) is 1. The summed E-state index contributed by atoms with van der Waals surface area (Å²) in [5.74, 6) is 0.00283. The van der Waals surface area contributed by atoms with Crippen molar-refractivity contribution in [3.8, 4) is 5.75 Å². The number of rotatable bonds is 10. The Morgan fingerprint density at radius 3 is 2.00 bits per heavy atom. The molecule has 2 amide bonds. The highest BCUT2D eigenvalue weighted by atomic mass is 16.5. The summed E-state index contributed by atoms with van der Waals surface area (Å²) in [5, 5.41) is 2.75. The van der Waals surface area contributed by atoms with Crippen LogP contribution in [0.15, 0.2) is 84.9 Å². The van der Waals surface area contributed by atoms with E-state index in [1.54, 1.807) is 0 Å². The van der Waals surface area contributed by atoms with Gasteiger partial charge in [0, 0.05) is 12.8 Å². The molecule has 0 unspecified atom stereocenters. The molecule has 154 valence electrons. The molecular formula is C25H26N2O3. The molecule has 0 aliphatic rings. The van der Waals surface area contributed by atoms with Crippen LogP contribution in [0.25, 0.3) is 0 Å². The Labute approximate surface area is 176 Å². The van der Waals surface area contributed by atoms with Crippen molar-refractivity contribution in [3.63, 3.8) is 0 Å². The fourth-order valence-corrected chi connectivity index (χ4v) is 3.09. The van der Waals surface area contributed by atoms with E-state index in [2.05, 4.69) is 5.32 Å². The number of hydrogen-bond acceptors (Lipinski definition) is 3. The third kappa shape index (κ3) is 6.78. The predicted molar refractivity (Wildman–Crippen MR) is 117 cm³/mol. The molecular weight excluding hydrogens is 376 g/mol. The molecule has 0 fully saturated rings. The summed E-state index contributed by atoms with van der Waals surface area (Å²) in [6.07, 6.45) is 1.26. The number of ether oxygens (including phenoxy) is 1. The van der Waals surface area contributed by atoms with Gasteiger partial charge in [0.1, 0.15) is 18.4 Å². The smallest absolute Gasteiger partial charge is 0.240 e. The third-order valence-corrected chi connectivity index (χ3v) is 4.77. The maximum Gasteiger partial charge on any atom is 0.240 e. The lowest BCUT2D eigenvalue weighted by molar-refractivity contribution is -0.127. The van der Waals surface area contributed by atoms with Crippen molar-refractivity contribution >= 4 is 11.8 Å². The molecule has 3 aromatic rings. The van der Waals surface area contributed by atoms with Crippen LogP contribution >= 0.6 is 0 Å². The lowest BCUT2D eigenvalue weighted by atomic mass is 10.0. The van der Waals surface area contributed by atoms with Crippen LogP contribution in [0, 0.1) is 0 Å². The molecule has 0 spiro atoms. The van der Waals surface area contributed by atoms with E-state index in [4.69, 9.17) is 10.5 Å². The van der Waals surface area contributed by atoms with E-state index in [9.17, 15) is 9.59 Å².